The average molecular weight is 432 g/mol. The van der Waals surface area contributed by atoms with Crippen molar-refractivity contribution < 1.29 is 10.4 Å². The van der Waals surface area contributed by atoms with Gasteiger partial charge in [0, 0.05) is 0 Å². The third-order valence-electron chi connectivity index (χ3n) is 5.28. The van der Waals surface area contributed by atoms with Gasteiger partial charge >= 0.3 is 5.69 Å². The number of fused-ring (bicyclic) bond motifs is 3. The van der Waals surface area contributed by atoms with E-state index in [1.807, 2.05) is 28.8 Å². The van der Waals surface area contributed by atoms with Gasteiger partial charge in [0.05, 0.1) is 37.1 Å². The summed E-state index contributed by atoms with van der Waals surface area (Å²) in [6.07, 6.45) is 3.23. The van der Waals surface area contributed by atoms with E-state index in [1.165, 1.54) is 0 Å². The zero-order chi connectivity index (χ0) is 22.1. The smallest absolute Gasteiger partial charge is 0.327 e. The number of hydrogen-bond donors (Lipinski definition) is 6. The van der Waals surface area contributed by atoms with Crippen LogP contribution in [0.3, 0.4) is 0 Å². The number of aromatic nitrogens is 4. The van der Waals surface area contributed by atoms with Crippen molar-refractivity contribution in [2.75, 3.05) is 16.3 Å². The predicted molar refractivity (Wildman–Crippen MR) is 120 cm³/mol. The van der Waals surface area contributed by atoms with Gasteiger partial charge in [-0.25, -0.2) is 14.8 Å². The van der Waals surface area contributed by atoms with E-state index < -0.39 is 0 Å². The predicted octanol–water partition coefficient (Wildman–Crippen LogP) is 2.82. The summed E-state index contributed by atoms with van der Waals surface area (Å²) in [5, 5.41) is 21.0. The van der Waals surface area contributed by atoms with Crippen molar-refractivity contribution >= 4 is 29.3 Å². The largest absolute Gasteiger partial charge is 0.330 e. The molecular formula is C21H20N8O3. The third-order valence-corrected chi connectivity index (χ3v) is 5.28. The Labute approximate surface area is 181 Å². The molecule has 0 radical (unpaired) electrons. The second kappa shape index (κ2) is 8.06. The number of nitrogens with one attached hydrogen (secondary N) is 4. The molecular weight excluding hydrogens is 412 g/mol. The van der Waals surface area contributed by atoms with Crippen LogP contribution in [0.5, 0.6) is 0 Å². The summed E-state index contributed by atoms with van der Waals surface area (Å²) in [6.45, 7) is 0.857. The topological polar surface area (TPSA) is 145 Å². The molecule has 32 heavy (non-hydrogen) atoms. The Bertz CT molecular complexity index is 1330. The van der Waals surface area contributed by atoms with Crippen LogP contribution in [0.4, 0.5) is 23.0 Å². The molecule has 162 valence electrons. The molecule has 0 amide bonds. The first kappa shape index (κ1) is 19.6. The lowest BCUT2D eigenvalue weighted by molar-refractivity contribution is 0.388. The van der Waals surface area contributed by atoms with Gasteiger partial charge in [-0.1, -0.05) is 24.3 Å². The first-order valence-corrected chi connectivity index (χ1v) is 9.81. The Morgan fingerprint density at radius 1 is 0.906 bits per heavy atom. The van der Waals surface area contributed by atoms with Crippen molar-refractivity contribution in [3.63, 3.8) is 0 Å². The SMILES string of the molecule is O=c1[nH]c2c(n1Cc1ccc(NO)cc1)NC=Nc1c-2ncn1Cc1ccc(NO)cc1. The molecule has 0 bridgehead atoms. The molecule has 4 aromatic rings. The summed E-state index contributed by atoms with van der Waals surface area (Å²) in [5.74, 6) is 1.19. The molecule has 2 aromatic heterocycles. The second-order valence-corrected chi connectivity index (χ2v) is 7.30. The lowest BCUT2D eigenvalue weighted by Crippen LogP contribution is -2.19. The van der Waals surface area contributed by atoms with E-state index >= 15 is 0 Å². The summed E-state index contributed by atoms with van der Waals surface area (Å²) in [6, 6.07) is 14.4. The molecule has 3 heterocycles. The summed E-state index contributed by atoms with van der Waals surface area (Å²) in [4.78, 5) is 24.6. The Balaban J connectivity index is 1.47. The van der Waals surface area contributed by atoms with Crippen molar-refractivity contribution in [2.45, 2.75) is 13.1 Å². The minimum Gasteiger partial charge on any atom is -0.330 e. The number of imidazole rings is 2. The van der Waals surface area contributed by atoms with Crippen molar-refractivity contribution in [2.24, 2.45) is 4.99 Å². The van der Waals surface area contributed by atoms with E-state index in [2.05, 4.69) is 31.2 Å². The van der Waals surface area contributed by atoms with E-state index in [0.717, 1.165) is 11.1 Å². The average Bonchev–Trinajstić information content (AvgIpc) is 3.29. The highest BCUT2D eigenvalue weighted by molar-refractivity contribution is 5.90. The number of H-pyrrole nitrogens is 1. The Morgan fingerprint density at radius 3 is 2.16 bits per heavy atom. The third kappa shape index (κ3) is 3.51. The lowest BCUT2D eigenvalue weighted by atomic mass is 10.2. The van der Waals surface area contributed by atoms with E-state index in [1.54, 1.807) is 41.5 Å². The zero-order valence-corrected chi connectivity index (χ0v) is 16.8. The summed E-state index contributed by atoms with van der Waals surface area (Å²) < 4.78 is 3.47. The Hall–Kier alpha value is -4.35. The molecule has 0 spiro atoms. The van der Waals surface area contributed by atoms with Crippen LogP contribution in [-0.2, 0) is 13.1 Å². The van der Waals surface area contributed by atoms with Crippen LogP contribution in [0.1, 0.15) is 11.1 Å². The molecule has 11 nitrogen and oxygen atoms in total. The maximum Gasteiger partial charge on any atom is 0.327 e. The maximum atomic E-state index is 12.7. The van der Waals surface area contributed by atoms with Gasteiger partial charge in [0.2, 0.25) is 0 Å². The van der Waals surface area contributed by atoms with Gasteiger partial charge in [-0.15, -0.1) is 0 Å². The molecule has 0 aliphatic carbocycles. The highest BCUT2D eigenvalue weighted by Crippen LogP contribution is 2.34. The number of anilines is 3. The number of benzene rings is 2. The minimum absolute atomic E-state index is 0.269. The molecule has 5 rings (SSSR count). The number of aliphatic imine (C=N–C) groups is 1. The molecule has 6 N–H and O–H groups in total. The van der Waals surface area contributed by atoms with E-state index in [-0.39, 0.29) is 5.69 Å². The molecule has 0 saturated heterocycles. The van der Waals surface area contributed by atoms with Crippen LogP contribution in [0.25, 0.3) is 11.4 Å². The van der Waals surface area contributed by atoms with Gasteiger partial charge in [-0.05, 0) is 35.4 Å². The fraction of sp³-hybridized carbons (Fsp3) is 0.0952. The summed E-state index contributed by atoms with van der Waals surface area (Å²) in [5.41, 5.74) is 8.14. The van der Waals surface area contributed by atoms with E-state index in [0.29, 0.717) is 47.5 Å². The Kier molecular flexibility index (Phi) is 4.94. The Morgan fingerprint density at radius 2 is 1.53 bits per heavy atom. The lowest BCUT2D eigenvalue weighted by Gasteiger charge is -2.08. The van der Waals surface area contributed by atoms with Crippen LogP contribution < -0.4 is 22.0 Å². The van der Waals surface area contributed by atoms with Gasteiger partial charge in [0.1, 0.15) is 17.2 Å². The van der Waals surface area contributed by atoms with Crippen molar-refractivity contribution in [1.82, 2.24) is 19.1 Å². The van der Waals surface area contributed by atoms with Crippen molar-refractivity contribution in [3.8, 4) is 11.4 Å². The first-order valence-electron chi connectivity index (χ1n) is 9.81. The molecule has 2 aromatic carbocycles. The van der Waals surface area contributed by atoms with Crippen LogP contribution in [0, 0.1) is 0 Å². The van der Waals surface area contributed by atoms with Gasteiger partial charge in [0.15, 0.2) is 5.82 Å². The van der Waals surface area contributed by atoms with Crippen molar-refractivity contribution in [3.05, 3.63) is 76.5 Å². The maximum absolute atomic E-state index is 12.7. The molecule has 0 fully saturated rings. The normalized spacial score (nSPS) is 11.9. The fourth-order valence-corrected chi connectivity index (χ4v) is 3.65. The fourth-order valence-electron chi connectivity index (χ4n) is 3.65. The first-order chi connectivity index (χ1) is 15.7. The molecule has 11 heteroatoms. The number of nitrogens with zero attached hydrogens (tertiary/aromatic N) is 4. The van der Waals surface area contributed by atoms with Gasteiger partial charge in [-0.2, -0.15) is 0 Å². The standard InChI is InChI=1S/C21H20N8O3/c30-21-25-18-17-19(28(12-24-17)9-13-1-5-15(26-31)6-2-13)22-11-23-20(18)29(21)10-14-3-7-16(27-32)8-4-14/h1-8,11-12,26-27,31-32H,9-10H2,(H,22,23)(H,25,30). The minimum atomic E-state index is -0.269. The second-order valence-electron chi connectivity index (χ2n) is 7.30. The molecule has 0 saturated carbocycles. The van der Waals surface area contributed by atoms with Crippen LogP contribution >= 0.6 is 0 Å². The summed E-state index contributed by atoms with van der Waals surface area (Å²) >= 11 is 0. The molecule has 1 aliphatic heterocycles. The zero-order valence-electron chi connectivity index (χ0n) is 16.8. The molecule has 0 atom stereocenters. The number of aromatic amines is 1. The number of hydrogen-bond acceptors (Lipinski definition) is 8. The van der Waals surface area contributed by atoms with Gasteiger partial charge < -0.3 is 14.9 Å². The van der Waals surface area contributed by atoms with Gasteiger partial charge in [-0.3, -0.25) is 25.9 Å². The van der Waals surface area contributed by atoms with Gasteiger partial charge in [0.25, 0.3) is 0 Å². The molecule has 0 unspecified atom stereocenters. The van der Waals surface area contributed by atoms with Crippen LogP contribution in [-0.4, -0.2) is 35.9 Å². The van der Waals surface area contributed by atoms with E-state index in [4.69, 9.17) is 10.4 Å². The number of rotatable bonds is 6. The molecule has 1 aliphatic rings. The summed E-state index contributed by atoms with van der Waals surface area (Å²) in [7, 11) is 0. The van der Waals surface area contributed by atoms with Crippen LogP contribution in [0.15, 0.2) is 64.6 Å². The van der Waals surface area contributed by atoms with E-state index in [9.17, 15) is 4.79 Å². The monoisotopic (exact) mass is 432 g/mol. The highest BCUT2D eigenvalue weighted by atomic mass is 16.5. The van der Waals surface area contributed by atoms with Crippen molar-refractivity contribution in [1.29, 1.82) is 0 Å². The van der Waals surface area contributed by atoms with Crippen LogP contribution in [0.2, 0.25) is 0 Å². The highest BCUT2D eigenvalue weighted by Gasteiger charge is 2.23. The quantitative estimate of drug-likeness (QED) is 0.257.